The van der Waals surface area contributed by atoms with E-state index in [0.29, 0.717) is 5.03 Å². The van der Waals surface area contributed by atoms with Gasteiger partial charge in [-0.2, -0.15) is 0 Å². The van der Waals surface area contributed by atoms with Crippen LogP contribution in [0.4, 0.5) is 0 Å². The van der Waals surface area contributed by atoms with Gasteiger partial charge in [-0.1, -0.05) is 38.3 Å². The van der Waals surface area contributed by atoms with Crippen molar-refractivity contribution < 1.29 is 9.53 Å². The zero-order valence-corrected chi connectivity index (χ0v) is 23.2. The van der Waals surface area contributed by atoms with Gasteiger partial charge in [0.15, 0.2) is 0 Å². The van der Waals surface area contributed by atoms with E-state index in [1.54, 1.807) is 7.11 Å². The molecule has 6 N–H and O–H groups in total. The van der Waals surface area contributed by atoms with Gasteiger partial charge < -0.3 is 26.8 Å². The van der Waals surface area contributed by atoms with Crippen LogP contribution in [0.1, 0.15) is 52.4 Å². The molecule has 4 atom stereocenters. The third-order valence-corrected chi connectivity index (χ3v) is 9.03. The van der Waals surface area contributed by atoms with Gasteiger partial charge in [0.1, 0.15) is 0 Å². The van der Waals surface area contributed by atoms with Crippen LogP contribution in [-0.4, -0.2) is 105 Å². The van der Waals surface area contributed by atoms with E-state index in [9.17, 15) is 4.79 Å². The van der Waals surface area contributed by atoms with Crippen LogP contribution < -0.4 is 22.1 Å². The summed E-state index contributed by atoms with van der Waals surface area (Å²) in [7, 11) is 1.75. The fourth-order valence-corrected chi connectivity index (χ4v) is 6.27. The number of ether oxygens (including phenoxy) is 1. The maximum absolute atomic E-state index is 13.8. The van der Waals surface area contributed by atoms with Crippen molar-refractivity contribution in [2.24, 2.45) is 27.8 Å². The number of nitrogens with two attached hydrogens (primary N) is 2. The predicted molar refractivity (Wildman–Crippen MR) is 146 cm³/mol. The lowest BCUT2D eigenvalue weighted by Crippen LogP contribution is -2.64. The second-order valence-corrected chi connectivity index (χ2v) is 11.2. The van der Waals surface area contributed by atoms with E-state index < -0.39 is 12.1 Å². The minimum atomic E-state index is -0.815. The number of piperazine rings is 1. The van der Waals surface area contributed by atoms with Crippen molar-refractivity contribution in [3.63, 3.8) is 0 Å². The molecule has 3 heterocycles. The van der Waals surface area contributed by atoms with Gasteiger partial charge in [-0.05, 0) is 43.5 Å². The third-order valence-electron chi connectivity index (χ3n) is 8.76. The molecule has 1 amide bonds. The Hall–Kier alpha value is -1.03. The normalized spacial score (nSPS) is 28.9. The number of carbonyl (C=O) groups is 1. The number of nitrogens with one attached hydrogen (secondary N) is 2. The van der Waals surface area contributed by atoms with E-state index in [0.717, 1.165) is 90.9 Å². The van der Waals surface area contributed by atoms with Gasteiger partial charge in [-0.25, -0.2) is 4.99 Å². The monoisotopic (exact) mass is 525 g/mol. The number of hydrogen-bond acceptors (Lipinski definition) is 8. The van der Waals surface area contributed by atoms with Crippen LogP contribution in [-0.2, 0) is 9.53 Å². The molecule has 0 aromatic heterocycles. The average Bonchev–Trinajstić information content (AvgIpc) is 2.87. The Balaban J connectivity index is 1.72. The molecular formula is C26H48ClN7O2. The molecule has 4 unspecified atom stereocenters. The Kier molecular flexibility index (Phi) is 11.7. The second kappa shape index (κ2) is 14.2. The highest BCUT2D eigenvalue weighted by Crippen LogP contribution is 2.41. The number of rotatable bonds is 10. The van der Waals surface area contributed by atoms with Crippen molar-refractivity contribution in [1.82, 2.24) is 20.4 Å². The molecule has 9 nitrogen and oxygen atoms in total. The number of methoxy groups -OCH3 is 1. The van der Waals surface area contributed by atoms with Crippen molar-refractivity contribution in [2.45, 2.75) is 76.7 Å². The van der Waals surface area contributed by atoms with Gasteiger partial charge in [-0.15, -0.1) is 0 Å². The number of carbonyl (C=O) groups excluding carboxylic acids is 1. The molecule has 3 aliphatic rings. The SMILES string of the molecule is CCC1(CC)CCC(Cl)=C=NC(C(C(=O)NC2CNCCC2N2CCN(CCOC)CC2)C(N)N)C1. The van der Waals surface area contributed by atoms with Gasteiger partial charge in [0, 0.05) is 52.4 Å². The van der Waals surface area contributed by atoms with Crippen molar-refractivity contribution >= 4 is 23.4 Å². The van der Waals surface area contributed by atoms with Gasteiger partial charge in [0.2, 0.25) is 5.91 Å². The van der Waals surface area contributed by atoms with Crippen LogP contribution in [0, 0.1) is 11.3 Å². The molecule has 0 aliphatic carbocycles. The Morgan fingerprint density at radius 2 is 2.03 bits per heavy atom. The van der Waals surface area contributed by atoms with Crippen LogP contribution in [0.5, 0.6) is 0 Å². The fourth-order valence-electron chi connectivity index (χ4n) is 6.13. The lowest BCUT2D eigenvalue weighted by Gasteiger charge is -2.45. The molecule has 36 heavy (non-hydrogen) atoms. The Morgan fingerprint density at radius 1 is 1.31 bits per heavy atom. The van der Waals surface area contributed by atoms with Gasteiger partial charge >= 0.3 is 0 Å². The summed E-state index contributed by atoms with van der Waals surface area (Å²) in [5, 5.41) is 7.41. The first-order valence-electron chi connectivity index (χ1n) is 13.8. The van der Waals surface area contributed by atoms with Crippen LogP contribution in [0.3, 0.4) is 0 Å². The summed E-state index contributed by atoms with van der Waals surface area (Å²) < 4.78 is 5.24. The topological polar surface area (TPSA) is 121 Å². The quantitative estimate of drug-likeness (QED) is 0.315. The predicted octanol–water partition coefficient (Wildman–Crippen LogP) is 1.11. The molecule has 10 heteroatoms. The lowest BCUT2D eigenvalue weighted by molar-refractivity contribution is -0.128. The van der Waals surface area contributed by atoms with Crippen LogP contribution in [0.25, 0.3) is 0 Å². The van der Waals surface area contributed by atoms with Gasteiger partial charge in [-0.3, -0.25) is 14.6 Å². The first-order chi connectivity index (χ1) is 17.3. The van der Waals surface area contributed by atoms with E-state index in [4.69, 9.17) is 27.8 Å². The zero-order chi connectivity index (χ0) is 26.1. The fraction of sp³-hybridized carbons (Fsp3) is 0.885. The summed E-state index contributed by atoms with van der Waals surface area (Å²) in [6, 6.07) is -0.0648. The van der Waals surface area contributed by atoms with Crippen molar-refractivity contribution in [1.29, 1.82) is 0 Å². The maximum atomic E-state index is 13.8. The first kappa shape index (κ1) is 29.5. The summed E-state index contributed by atoms with van der Waals surface area (Å²) in [4.78, 5) is 23.4. The molecule has 0 saturated carbocycles. The number of hydrogen-bond donors (Lipinski definition) is 4. The van der Waals surface area contributed by atoms with Gasteiger partial charge in [0.05, 0.1) is 35.8 Å². The Bertz CT molecular complexity index is 761. The van der Waals surface area contributed by atoms with Gasteiger partial charge in [0.25, 0.3) is 0 Å². The van der Waals surface area contributed by atoms with E-state index in [2.05, 4.69) is 45.1 Å². The van der Waals surface area contributed by atoms with Crippen LogP contribution in [0.15, 0.2) is 10.0 Å². The number of halogens is 1. The molecule has 0 aromatic rings. The molecular weight excluding hydrogens is 478 g/mol. The first-order valence-corrected chi connectivity index (χ1v) is 14.1. The summed E-state index contributed by atoms with van der Waals surface area (Å²) in [6.45, 7) is 11.8. The summed E-state index contributed by atoms with van der Waals surface area (Å²) in [5.41, 5.74) is 12.6. The number of nitrogens with zero attached hydrogens (tertiary/aromatic N) is 3. The van der Waals surface area contributed by atoms with Crippen molar-refractivity contribution in [3.8, 4) is 0 Å². The molecule has 2 saturated heterocycles. The minimum Gasteiger partial charge on any atom is -0.383 e. The highest BCUT2D eigenvalue weighted by atomic mass is 35.5. The molecule has 0 bridgehead atoms. The van der Waals surface area contributed by atoms with Crippen molar-refractivity contribution in [2.75, 3.05) is 59.5 Å². The largest absolute Gasteiger partial charge is 0.383 e. The minimum absolute atomic E-state index is 0.00296. The molecule has 0 radical (unpaired) electrons. The average molecular weight is 526 g/mol. The summed E-state index contributed by atoms with van der Waals surface area (Å²) >= 11 is 6.39. The molecule has 3 rings (SSSR count). The third kappa shape index (κ3) is 7.74. The molecule has 0 spiro atoms. The molecule has 0 aromatic carbocycles. The molecule has 2 fully saturated rings. The maximum Gasteiger partial charge on any atom is 0.228 e. The summed E-state index contributed by atoms with van der Waals surface area (Å²) in [6.07, 6.45) is 4.66. The molecule has 206 valence electrons. The summed E-state index contributed by atoms with van der Waals surface area (Å²) in [5.74, 6) is 2.23. The van der Waals surface area contributed by atoms with E-state index in [1.807, 2.05) is 0 Å². The lowest BCUT2D eigenvalue weighted by atomic mass is 9.71. The molecule has 3 aliphatic heterocycles. The van der Waals surface area contributed by atoms with Crippen molar-refractivity contribution in [3.05, 3.63) is 5.03 Å². The van der Waals surface area contributed by atoms with E-state index in [-0.39, 0.29) is 29.4 Å². The van der Waals surface area contributed by atoms with E-state index in [1.165, 1.54) is 0 Å². The Morgan fingerprint density at radius 3 is 2.67 bits per heavy atom. The zero-order valence-electron chi connectivity index (χ0n) is 22.5. The number of amides is 1. The number of aliphatic imine (C=N–C) groups is 1. The highest BCUT2D eigenvalue weighted by molar-refractivity contribution is 6.33. The van der Waals surface area contributed by atoms with E-state index >= 15 is 0 Å². The highest BCUT2D eigenvalue weighted by Gasteiger charge is 2.41. The van der Waals surface area contributed by atoms with Crippen LogP contribution >= 0.6 is 11.6 Å². The second-order valence-electron chi connectivity index (χ2n) is 10.8. The standard InChI is InChI=1S/C26H48ClN7O2/c1-4-26(5-2)8-6-19(27)17-31-20(16-26)23(24(28)29)25(35)32-21-18-30-9-7-22(21)34-12-10-33(11-13-34)14-15-36-3/h20-24,30H,4-16,18,28-29H2,1-3H3,(H,32,35). The smallest absolute Gasteiger partial charge is 0.228 e. The number of piperidine rings is 1. The van der Waals surface area contributed by atoms with Crippen LogP contribution in [0.2, 0.25) is 0 Å². The number of allylic oxidation sites excluding steroid dienone is 1. The Labute approximate surface area is 222 Å².